The number of aromatic nitrogens is 1. The van der Waals surface area contributed by atoms with Crippen LogP contribution < -0.4 is 0 Å². The molecule has 0 N–H and O–H groups in total. The van der Waals surface area contributed by atoms with Crippen molar-refractivity contribution in [1.29, 1.82) is 0 Å². The number of aryl methyl sites for hydroxylation is 1. The molecule has 0 unspecified atom stereocenters. The predicted octanol–water partition coefficient (Wildman–Crippen LogP) is 5.03. The molecule has 3 aromatic rings. The maximum absolute atomic E-state index is 11.9. The number of carbonyl (C=O) groups is 3. The van der Waals surface area contributed by atoms with E-state index in [0.29, 0.717) is 29.8 Å². The lowest BCUT2D eigenvalue weighted by molar-refractivity contribution is -0.124. The second-order valence-electron chi connectivity index (χ2n) is 8.96. The third-order valence-corrected chi connectivity index (χ3v) is 6.65. The molecule has 31 heavy (non-hydrogen) atoms. The molecule has 1 aliphatic rings. The Morgan fingerprint density at radius 1 is 0.839 bits per heavy atom. The van der Waals surface area contributed by atoms with E-state index in [-0.39, 0.29) is 23.7 Å². The van der Waals surface area contributed by atoms with Crippen LogP contribution in [-0.2, 0) is 11.3 Å². The fourth-order valence-corrected chi connectivity index (χ4v) is 5.05. The van der Waals surface area contributed by atoms with Crippen molar-refractivity contribution < 1.29 is 14.4 Å². The maximum atomic E-state index is 11.9. The summed E-state index contributed by atoms with van der Waals surface area (Å²) in [6.07, 6.45) is 2.24. The van der Waals surface area contributed by atoms with E-state index in [0.717, 1.165) is 41.3 Å². The van der Waals surface area contributed by atoms with Crippen molar-refractivity contribution in [2.75, 3.05) is 6.54 Å². The van der Waals surface area contributed by atoms with Crippen LogP contribution >= 0.6 is 0 Å². The van der Waals surface area contributed by atoms with E-state index in [1.165, 1.54) is 0 Å². The molecule has 4 rings (SSSR count). The molecule has 1 saturated heterocycles. The highest BCUT2D eigenvalue weighted by Crippen LogP contribution is 2.31. The van der Waals surface area contributed by atoms with Gasteiger partial charge in [0.1, 0.15) is 5.78 Å². The van der Waals surface area contributed by atoms with Gasteiger partial charge in [-0.25, -0.2) is 0 Å². The van der Waals surface area contributed by atoms with Crippen LogP contribution in [0.3, 0.4) is 0 Å². The number of hydrogen-bond acceptors (Lipinski definition) is 4. The molecule has 2 atom stereocenters. The summed E-state index contributed by atoms with van der Waals surface area (Å²) < 4.78 is 2.29. The third-order valence-electron chi connectivity index (χ3n) is 6.65. The predicted molar refractivity (Wildman–Crippen MR) is 124 cm³/mol. The molecule has 5 nitrogen and oxygen atoms in total. The van der Waals surface area contributed by atoms with E-state index >= 15 is 0 Å². The number of Topliss-reactive ketones (excluding diaryl/α,β-unsaturated/α-hetero) is 3. The maximum Gasteiger partial charge on any atom is 0.159 e. The Morgan fingerprint density at radius 2 is 1.32 bits per heavy atom. The first kappa shape index (κ1) is 21.4. The fourth-order valence-electron chi connectivity index (χ4n) is 5.05. The van der Waals surface area contributed by atoms with E-state index in [9.17, 15) is 14.4 Å². The van der Waals surface area contributed by atoms with Crippen molar-refractivity contribution >= 4 is 39.2 Å². The average molecular weight is 419 g/mol. The van der Waals surface area contributed by atoms with Gasteiger partial charge in [-0.15, -0.1) is 0 Å². The molecule has 1 aromatic heterocycles. The first-order valence-corrected chi connectivity index (χ1v) is 11.1. The molecular formula is C26H30N2O3. The molecule has 5 heteroatoms. The normalized spacial score (nSPS) is 19.9. The summed E-state index contributed by atoms with van der Waals surface area (Å²) in [4.78, 5) is 38.2. The van der Waals surface area contributed by atoms with Crippen molar-refractivity contribution in [2.45, 2.75) is 65.6 Å². The number of benzene rings is 2. The molecule has 0 amide bonds. The Kier molecular flexibility index (Phi) is 5.80. The number of nitrogens with zero attached hydrogens (tertiary/aromatic N) is 2. The quantitative estimate of drug-likeness (QED) is 0.527. The van der Waals surface area contributed by atoms with Crippen LogP contribution in [0.5, 0.6) is 0 Å². The highest BCUT2D eigenvalue weighted by molar-refractivity contribution is 6.12. The minimum absolute atomic E-state index is 0.0353. The third kappa shape index (κ3) is 4.07. The molecular weight excluding hydrogens is 388 g/mol. The topological polar surface area (TPSA) is 59.4 Å². The fraction of sp³-hybridized carbons (Fsp3) is 0.423. The molecule has 1 fully saturated rings. The summed E-state index contributed by atoms with van der Waals surface area (Å²) in [5, 5.41) is 2.02. The number of hydrogen-bond donors (Lipinski definition) is 0. The summed E-state index contributed by atoms with van der Waals surface area (Å²) in [7, 11) is 0. The minimum Gasteiger partial charge on any atom is -0.340 e. The van der Waals surface area contributed by atoms with Gasteiger partial charge in [0.2, 0.25) is 0 Å². The zero-order valence-corrected chi connectivity index (χ0v) is 18.8. The van der Waals surface area contributed by atoms with Gasteiger partial charge in [-0.1, -0.05) is 0 Å². The Morgan fingerprint density at radius 3 is 1.77 bits per heavy atom. The number of rotatable bonds is 6. The molecule has 2 heterocycles. The van der Waals surface area contributed by atoms with Crippen molar-refractivity contribution in [3.8, 4) is 0 Å². The van der Waals surface area contributed by atoms with Crippen LogP contribution in [0.15, 0.2) is 36.4 Å². The summed E-state index contributed by atoms with van der Waals surface area (Å²) in [6, 6.07) is 12.3. The van der Waals surface area contributed by atoms with Crippen LogP contribution in [0.25, 0.3) is 21.8 Å². The van der Waals surface area contributed by atoms with Gasteiger partial charge in [0.15, 0.2) is 11.6 Å². The molecule has 162 valence electrons. The lowest BCUT2D eigenvalue weighted by Gasteiger charge is -2.38. The van der Waals surface area contributed by atoms with Gasteiger partial charge in [0.05, 0.1) is 0 Å². The van der Waals surface area contributed by atoms with Crippen LogP contribution in [-0.4, -0.2) is 45.4 Å². The zero-order valence-electron chi connectivity index (χ0n) is 18.8. The van der Waals surface area contributed by atoms with Crippen LogP contribution in [0.2, 0.25) is 0 Å². The number of likely N-dealkylation sites (tertiary alicyclic amines) is 1. The number of piperidine rings is 1. The van der Waals surface area contributed by atoms with Crippen LogP contribution in [0.4, 0.5) is 0 Å². The Hall–Kier alpha value is -2.79. The minimum atomic E-state index is 0.0353. The van der Waals surface area contributed by atoms with Crippen LogP contribution in [0.1, 0.15) is 67.7 Å². The largest absolute Gasteiger partial charge is 0.340 e. The van der Waals surface area contributed by atoms with E-state index in [2.05, 4.69) is 23.3 Å². The van der Waals surface area contributed by atoms with Gasteiger partial charge in [-0.3, -0.25) is 19.3 Å². The molecule has 2 aromatic carbocycles. The van der Waals surface area contributed by atoms with E-state index < -0.39 is 0 Å². The van der Waals surface area contributed by atoms with Gasteiger partial charge in [0.25, 0.3) is 0 Å². The van der Waals surface area contributed by atoms with Crippen molar-refractivity contribution in [2.24, 2.45) is 0 Å². The Bertz CT molecular complexity index is 1110. The molecule has 0 saturated carbocycles. The Labute approximate surface area is 183 Å². The summed E-state index contributed by atoms with van der Waals surface area (Å²) in [5.74, 6) is 0.433. The summed E-state index contributed by atoms with van der Waals surface area (Å²) in [5.41, 5.74) is 3.52. The number of fused-ring (bicyclic) bond motifs is 3. The number of carbonyl (C=O) groups excluding carboxylic acids is 3. The summed E-state index contributed by atoms with van der Waals surface area (Å²) in [6.45, 7) is 9.21. The Balaban J connectivity index is 1.68. The second-order valence-corrected chi connectivity index (χ2v) is 8.96. The van der Waals surface area contributed by atoms with Gasteiger partial charge in [-0.2, -0.15) is 0 Å². The lowest BCUT2D eigenvalue weighted by Crippen LogP contribution is -2.47. The van der Waals surface area contributed by atoms with Crippen molar-refractivity contribution in [3.05, 3.63) is 47.5 Å². The van der Waals surface area contributed by atoms with Crippen LogP contribution in [0, 0.1) is 0 Å². The molecule has 0 radical (unpaired) electrons. The first-order valence-electron chi connectivity index (χ1n) is 11.1. The highest BCUT2D eigenvalue weighted by atomic mass is 16.1. The smallest absolute Gasteiger partial charge is 0.159 e. The monoisotopic (exact) mass is 418 g/mol. The van der Waals surface area contributed by atoms with E-state index in [1.807, 2.05) is 36.4 Å². The molecule has 0 aliphatic carbocycles. The zero-order chi connectivity index (χ0) is 22.3. The van der Waals surface area contributed by atoms with Crippen molar-refractivity contribution in [3.63, 3.8) is 0 Å². The summed E-state index contributed by atoms with van der Waals surface area (Å²) >= 11 is 0. The van der Waals surface area contributed by atoms with Crippen molar-refractivity contribution in [1.82, 2.24) is 9.47 Å². The molecule has 1 aliphatic heterocycles. The number of ketones is 3. The van der Waals surface area contributed by atoms with Gasteiger partial charge in [0, 0.05) is 70.9 Å². The van der Waals surface area contributed by atoms with Gasteiger partial charge < -0.3 is 4.57 Å². The molecule has 0 bridgehead atoms. The molecule has 0 spiro atoms. The van der Waals surface area contributed by atoms with E-state index in [1.54, 1.807) is 13.8 Å². The lowest BCUT2D eigenvalue weighted by atomic mass is 9.96. The van der Waals surface area contributed by atoms with Gasteiger partial charge in [-0.05, 0) is 70.5 Å². The van der Waals surface area contributed by atoms with Gasteiger partial charge >= 0.3 is 0 Å². The second kappa shape index (κ2) is 8.39. The average Bonchev–Trinajstić information content (AvgIpc) is 3.02. The SMILES string of the molecule is CC(=O)c1ccc2c(c1)c1cc(C(C)=O)ccc1n2CCCN1[C@H](C)CC(=O)C[C@@H]1C. The highest BCUT2D eigenvalue weighted by Gasteiger charge is 2.28. The standard InChI is InChI=1S/C26H30N2O3/c1-16-12-22(31)13-17(2)27(16)10-5-11-28-25-8-6-20(18(3)29)14-23(25)24-15-21(19(4)30)7-9-26(24)28/h6-9,14-17H,5,10-13H2,1-4H3/t16-,17+. The first-order chi connectivity index (χ1) is 14.8. The van der Waals surface area contributed by atoms with E-state index in [4.69, 9.17) is 0 Å².